The molecule has 2 aromatic rings. The van der Waals surface area contributed by atoms with E-state index in [0.29, 0.717) is 23.9 Å². The zero-order valence-corrected chi connectivity index (χ0v) is 17.3. The highest BCUT2D eigenvalue weighted by Crippen LogP contribution is 2.31. The van der Waals surface area contributed by atoms with Crippen LogP contribution in [0.1, 0.15) is 54.6 Å². The van der Waals surface area contributed by atoms with Gasteiger partial charge in [0, 0.05) is 18.2 Å². The fraction of sp³-hybridized carbons (Fsp3) is 0.458. The molecule has 0 aromatic heterocycles. The third kappa shape index (κ3) is 6.05. The van der Waals surface area contributed by atoms with Gasteiger partial charge in [-0.3, -0.25) is 9.69 Å². The van der Waals surface area contributed by atoms with E-state index in [-0.39, 0.29) is 12.4 Å². The van der Waals surface area contributed by atoms with E-state index >= 15 is 0 Å². The van der Waals surface area contributed by atoms with E-state index in [1.54, 1.807) is 38.3 Å². The van der Waals surface area contributed by atoms with Gasteiger partial charge in [0.25, 0.3) is 0 Å². The van der Waals surface area contributed by atoms with Crippen LogP contribution in [0.2, 0.25) is 0 Å². The predicted octanol–water partition coefficient (Wildman–Crippen LogP) is 4.25. The average molecular weight is 398 g/mol. The molecule has 0 amide bonds. The molecule has 1 N–H and O–H groups in total. The second kappa shape index (κ2) is 10.4. The predicted molar refractivity (Wildman–Crippen MR) is 114 cm³/mol. The third-order valence-corrected chi connectivity index (χ3v) is 5.51. The molecule has 0 radical (unpaired) electrons. The number of carbonyl (C=O) groups is 1. The molecule has 0 bridgehead atoms. The molecule has 1 aliphatic rings. The van der Waals surface area contributed by atoms with Gasteiger partial charge in [0.15, 0.2) is 5.78 Å². The fourth-order valence-electron chi connectivity index (χ4n) is 3.89. The molecule has 156 valence electrons. The number of carbonyl (C=O) groups excluding carboxylic acids is 1. The summed E-state index contributed by atoms with van der Waals surface area (Å²) in [7, 11) is 1.68. The molecule has 1 saturated heterocycles. The second-order valence-corrected chi connectivity index (χ2v) is 7.68. The third-order valence-electron chi connectivity index (χ3n) is 5.51. The number of methoxy groups -OCH3 is 1. The first-order valence-electron chi connectivity index (χ1n) is 10.4. The highest BCUT2D eigenvalue weighted by molar-refractivity contribution is 5.94. The molecular formula is C24H31NO4. The van der Waals surface area contributed by atoms with Crippen molar-refractivity contribution in [1.82, 2.24) is 4.90 Å². The molecule has 2 aromatic carbocycles. The number of β-amino-alcohol motifs (C(OH)–C–C–N with tert-alkyl or cyclic N) is 1. The number of hydrogen-bond donors (Lipinski definition) is 1. The first kappa shape index (κ1) is 21.3. The van der Waals surface area contributed by atoms with E-state index in [4.69, 9.17) is 9.47 Å². The quantitative estimate of drug-likeness (QED) is 0.675. The number of benzene rings is 2. The molecule has 1 heterocycles. The number of ketones is 1. The number of Topliss-reactive ketones (excluding diaryl/α,β-unsaturated/α-hetero) is 1. The normalized spacial score (nSPS) is 18.7. The first-order valence-corrected chi connectivity index (χ1v) is 10.4. The average Bonchev–Trinajstić information content (AvgIpc) is 2.98. The Morgan fingerprint density at radius 1 is 1.07 bits per heavy atom. The van der Waals surface area contributed by atoms with Gasteiger partial charge < -0.3 is 14.6 Å². The summed E-state index contributed by atoms with van der Waals surface area (Å²) in [5.41, 5.74) is 1.92. The molecule has 0 saturated carbocycles. The Kier molecular flexibility index (Phi) is 7.67. The van der Waals surface area contributed by atoms with Crippen LogP contribution in [0.3, 0.4) is 0 Å². The van der Waals surface area contributed by atoms with Gasteiger partial charge in [0.05, 0.1) is 7.11 Å². The maximum absolute atomic E-state index is 11.4. The highest BCUT2D eigenvalue weighted by atomic mass is 16.5. The van der Waals surface area contributed by atoms with Crippen molar-refractivity contribution in [3.05, 3.63) is 59.7 Å². The molecule has 0 spiro atoms. The topological polar surface area (TPSA) is 59.0 Å². The van der Waals surface area contributed by atoms with Gasteiger partial charge in [-0.15, -0.1) is 0 Å². The van der Waals surface area contributed by atoms with E-state index in [9.17, 15) is 9.90 Å². The highest BCUT2D eigenvalue weighted by Gasteiger charge is 2.24. The van der Waals surface area contributed by atoms with Crippen LogP contribution in [-0.2, 0) is 0 Å². The largest absolute Gasteiger partial charge is 0.497 e. The molecule has 3 rings (SSSR count). The second-order valence-electron chi connectivity index (χ2n) is 7.68. The van der Waals surface area contributed by atoms with E-state index in [0.717, 1.165) is 25.1 Å². The van der Waals surface area contributed by atoms with Crippen LogP contribution in [0.15, 0.2) is 48.5 Å². The zero-order chi connectivity index (χ0) is 20.6. The Labute approximate surface area is 173 Å². The van der Waals surface area contributed by atoms with Crippen LogP contribution in [0.4, 0.5) is 0 Å². The standard InChI is InChI=1S/C24H31NO4/c1-18(26)19-7-13-23(14-8-19)29-17-21(27)16-25-15-5-3-4-6-24(25)20-9-11-22(28-2)12-10-20/h7-14,21,24,27H,3-6,15-17H2,1-2H3. The van der Waals surface area contributed by atoms with Crippen LogP contribution in [0, 0.1) is 0 Å². The van der Waals surface area contributed by atoms with Gasteiger partial charge >= 0.3 is 0 Å². The Morgan fingerprint density at radius 3 is 2.41 bits per heavy atom. The molecule has 5 nitrogen and oxygen atoms in total. The summed E-state index contributed by atoms with van der Waals surface area (Å²) in [5, 5.41) is 10.6. The number of nitrogens with zero attached hydrogens (tertiary/aromatic N) is 1. The van der Waals surface area contributed by atoms with Crippen LogP contribution in [0.25, 0.3) is 0 Å². The summed E-state index contributed by atoms with van der Waals surface area (Å²) in [6, 6.07) is 15.6. The summed E-state index contributed by atoms with van der Waals surface area (Å²) < 4.78 is 11.0. The van der Waals surface area contributed by atoms with Crippen molar-refractivity contribution in [3.8, 4) is 11.5 Å². The zero-order valence-electron chi connectivity index (χ0n) is 17.3. The van der Waals surface area contributed by atoms with Crippen molar-refractivity contribution in [2.24, 2.45) is 0 Å². The van der Waals surface area contributed by atoms with Crippen molar-refractivity contribution in [1.29, 1.82) is 0 Å². The number of aliphatic hydroxyl groups excluding tert-OH is 1. The minimum absolute atomic E-state index is 0.0299. The molecule has 5 heteroatoms. The van der Waals surface area contributed by atoms with Crippen LogP contribution in [-0.4, -0.2) is 48.7 Å². The van der Waals surface area contributed by atoms with Crippen molar-refractivity contribution in [2.75, 3.05) is 26.8 Å². The summed E-state index contributed by atoms with van der Waals surface area (Å²) in [4.78, 5) is 13.7. The summed E-state index contributed by atoms with van der Waals surface area (Å²) in [5.74, 6) is 1.55. The molecule has 2 atom stereocenters. The van der Waals surface area contributed by atoms with Gasteiger partial charge in [-0.2, -0.15) is 0 Å². The lowest BCUT2D eigenvalue weighted by Crippen LogP contribution is -2.38. The maximum atomic E-state index is 11.4. The number of rotatable bonds is 8. The summed E-state index contributed by atoms with van der Waals surface area (Å²) in [6.45, 7) is 3.31. The maximum Gasteiger partial charge on any atom is 0.159 e. The molecule has 29 heavy (non-hydrogen) atoms. The molecule has 1 aliphatic heterocycles. The Morgan fingerprint density at radius 2 is 1.76 bits per heavy atom. The summed E-state index contributed by atoms with van der Waals surface area (Å²) >= 11 is 0. The lowest BCUT2D eigenvalue weighted by molar-refractivity contribution is 0.0525. The van der Waals surface area contributed by atoms with Crippen LogP contribution in [0.5, 0.6) is 11.5 Å². The van der Waals surface area contributed by atoms with Crippen LogP contribution >= 0.6 is 0 Å². The molecule has 1 fully saturated rings. The molecule has 0 aliphatic carbocycles. The lowest BCUT2D eigenvalue weighted by Gasteiger charge is -2.32. The van der Waals surface area contributed by atoms with Crippen LogP contribution < -0.4 is 9.47 Å². The molecular weight excluding hydrogens is 366 g/mol. The minimum atomic E-state index is -0.582. The van der Waals surface area contributed by atoms with Gasteiger partial charge in [-0.1, -0.05) is 25.0 Å². The van der Waals surface area contributed by atoms with Gasteiger partial charge in [0.2, 0.25) is 0 Å². The van der Waals surface area contributed by atoms with E-state index < -0.39 is 6.10 Å². The van der Waals surface area contributed by atoms with Crippen molar-refractivity contribution >= 4 is 5.78 Å². The van der Waals surface area contributed by atoms with Gasteiger partial charge in [0.1, 0.15) is 24.2 Å². The minimum Gasteiger partial charge on any atom is -0.497 e. The SMILES string of the molecule is COc1ccc(C2CCCCCN2CC(O)COc2ccc(C(C)=O)cc2)cc1. The number of likely N-dealkylation sites (tertiary alicyclic amines) is 1. The number of ether oxygens (including phenoxy) is 2. The van der Waals surface area contributed by atoms with Gasteiger partial charge in [-0.05, 0) is 68.3 Å². The van der Waals surface area contributed by atoms with E-state index in [1.165, 1.54) is 18.4 Å². The number of aliphatic hydroxyl groups is 1. The lowest BCUT2D eigenvalue weighted by atomic mass is 10.0. The first-order chi connectivity index (χ1) is 14.1. The smallest absolute Gasteiger partial charge is 0.159 e. The Hall–Kier alpha value is -2.37. The van der Waals surface area contributed by atoms with Crippen molar-refractivity contribution in [3.63, 3.8) is 0 Å². The number of hydrogen-bond acceptors (Lipinski definition) is 5. The van der Waals surface area contributed by atoms with Crippen molar-refractivity contribution < 1.29 is 19.4 Å². The van der Waals surface area contributed by atoms with Crippen molar-refractivity contribution in [2.45, 2.75) is 44.8 Å². The Bertz CT molecular complexity index is 772. The Balaban J connectivity index is 1.59. The van der Waals surface area contributed by atoms with Gasteiger partial charge in [-0.25, -0.2) is 0 Å². The van der Waals surface area contributed by atoms with E-state index in [2.05, 4.69) is 17.0 Å². The fourth-order valence-corrected chi connectivity index (χ4v) is 3.89. The summed E-state index contributed by atoms with van der Waals surface area (Å²) in [6.07, 6.45) is 4.07. The monoisotopic (exact) mass is 397 g/mol. The van der Waals surface area contributed by atoms with E-state index in [1.807, 2.05) is 12.1 Å². The molecule has 2 unspecified atom stereocenters.